The molecule has 1 aromatic rings. The second kappa shape index (κ2) is 7.74. The number of rotatable bonds is 4. The Morgan fingerprint density at radius 1 is 1.30 bits per heavy atom. The van der Waals surface area contributed by atoms with Gasteiger partial charge < -0.3 is 19.8 Å². The molecule has 3 aliphatic heterocycles. The zero-order chi connectivity index (χ0) is 18.8. The fourth-order valence-corrected chi connectivity index (χ4v) is 3.69. The van der Waals surface area contributed by atoms with Crippen LogP contribution in [0.2, 0.25) is 5.02 Å². The van der Waals surface area contributed by atoms with Gasteiger partial charge in [0.1, 0.15) is 11.9 Å². The van der Waals surface area contributed by atoms with Crippen LogP contribution in [-0.4, -0.2) is 54.8 Å². The summed E-state index contributed by atoms with van der Waals surface area (Å²) in [5, 5.41) is 4.18. The number of nitrogens with one attached hydrogen (secondary N) is 1. The number of nitrogens with zero attached hydrogens (tertiary/aromatic N) is 2. The molecule has 1 saturated heterocycles. The molecule has 27 heavy (non-hydrogen) atoms. The standard InChI is InChI=1S/C19H21ClN4O3/c20-14-6-4-13(5-7-14)18-16(12-23-8-10-26-11-9-23)24-15(19(25)27-21)2-1-3-17(24)22-18/h1-7,17,22H,8-12,21H2. The van der Waals surface area contributed by atoms with Gasteiger partial charge in [0.05, 0.1) is 24.6 Å². The molecular weight excluding hydrogens is 368 g/mol. The van der Waals surface area contributed by atoms with Crippen LogP contribution in [0, 0.1) is 0 Å². The summed E-state index contributed by atoms with van der Waals surface area (Å²) < 4.78 is 5.46. The minimum Gasteiger partial charge on any atom is -0.379 e. The fraction of sp³-hybridized carbons (Fsp3) is 0.316. The van der Waals surface area contributed by atoms with E-state index in [-0.39, 0.29) is 6.17 Å². The Morgan fingerprint density at radius 2 is 2.04 bits per heavy atom. The van der Waals surface area contributed by atoms with E-state index in [0.29, 0.717) is 30.5 Å². The number of carbonyl (C=O) groups is 1. The van der Waals surface area contributed by atoms with E-state index in [0.717, 1.165) is 30.0 Å². The molecule has 0 spiro atoms. The molecule has 0 bridgehead atoms. The first-order valence-electron chi connectivity index (χ1n) is 8.82. The summed E-state index contributed by atoms with van der Waals surface area (Å²) in [4.78, 5) is 21.0. The average Bonchev–Trinajstić information content (AvgIpc) is 3.07. The van der Waals surface area contributed by atoms with E-state index in [2.05, 4.69) is 15.1 Å². The molecule has 3 aliphatic rings. The van der Waals surface area contributed by atoms with Crippen molar-refractivity contribution in [1.82, 2.24) is 15.1 Å². The molecule has 0 saturated carbocycles. The van der Waals surface area contributed by atoms with Crippen molar-refractivity contribution >= 4 is 23.3 Å². The first-order chi connectivity index (χ1) is 13.2. The highest BCUT2D eigenvalue weighted by Crippen LogP contribution is 2.34. The monoisotopic (exact) mass is 388 g/mol. The Labute approximate surface area is 162 Å². The molecule has 1 atom stereocenters. The van der Waals surface area contributed by atoms with Gasteiger partial charge >= 0.3 is 5.97 Å². The quantitative estimate of drug-likeness (QED) is 0.755. The van der Waals surface area contributed by atoms with Crippen molar-refractivity contribution in [3.63, 3.8) is 0 Å². The van der Waals surface area contributed by atoms with E-state index in [1.54, 1.807) is 6.08 Å². The van der Waals surface area contributed by atoms with Crippen LogP contribution in [0.15, 0.2) is 53.9 Å². The Kier molecular flexibility index (Phi) is 5.18. The molecule has 0 aliphatic carbocycles. The molecule has 7 nitrogen and oxygen atoms in total. The first-order valence-corrected chi connectivity index (χ1v) is 9.19. The van der Waals surface area contributed by atoms with E-state index < -0.39 is 5.97 Å². The summed E-state index contributed by atoms with van der Waals surface area (Å²) in [7, 11) is 0. The maximum absolute atomic E-state index is 12.2. The Balaban J connectivity index is 1.74. The maximum atomic E-state index is 12.2. The molecule has 1 fully saturated rings. The number of nitrogens with two attached hydrogens (primary N) is 1. The van der Waals surface area contributed by atoms with Crippen LogP contribution in [0.25, 0.3) is 5.70 Å². The second-order valence-corrected chi connectivity index (χ2v) is 6.95. The van der Waals surface area contributed by atoms with Gasteiger partial charge in [0, 0.05) is 24.7 Å². The topological polar surface area (TPSA) is 80.1 Å². The zero-order valence-corrected chi connectivity index (χ0v) is 15.5. The zero-order valence-electron chi connectivity index (χ0n) is 14.7. The molecular formula is C19H21ClN4O3. The minimum absolute atomic E-state index is 0.175. The Bertz CT molecular complexity index is 813. The van der Waals surface area contributed by atoms with Crippen LogP contribution in [0.4, 0.5) is 0 Å². The van der Waals surface area contributed by atoms with Gasteiger partial charge in [-0.15, -0.1) is 0 Å². The molecule has 1 aromatic carbocycles. The lowest BCUT2D eigenvalue weighted by atomic mass is 10.1. The Hall–Kier alpha value is -2.32. The summed E-state index contributed by atoms with van der Waals surface area (Å²) in [6.45, 7) is 3.76. The third-order valence-electron chi connectivity index (χ3n) is 4.88. The number of carbonyl (C=O) groups excluding carboxylic acids is 1. The third-order valence-corrected chi connectivity index (χ3v) is 5.13. The van der Waals surface area contributed by atoms with E-state index in [1.807, 2.05) is 41.3 Å². The normalized spacial score (nSPS) is 22.4. The highest BCUT2D eigenvalue weighted by Gasteiger charge is 2.37. The molecule has 3 heterocycles. The number of allylic oxidation sites excluding steroid dienone is 2. The molecule has 4 rings (SSSR count). The maximum Gasteiger partial charge on any atom is 0.373 e. The highest BCUT2D eigenvalue weighted by molar-refractivity contribution is 6.30. The van der Waals surface area contributed by atoms with Crippen molar-refractivity contribution in [2.45, 2.75) is 6.17 Å². The van der Waals surface area contributed by atoms with Gasteiger partial charge in [0.15, 0.2) is 0 Å². The van der Waals surface area contributed by atoms with Crippen molar-refractivity contribution in [3.8, 4) is 0 Å². The number of fused-ring (bicyclic) bond motifs is 1. The molecule has 3 N–H and O–H groups in total. The summed E-state index contributed by atoms with van der Waals surface area (Å²) >= 11 is 6.05. The number of halogens is 1. The van der Waals surface area contributed by atoms with E-state index >= 15 is 0 Å². The Morgan fingerprint density at radius 3 is 2.74 bits per heavy atom. The number of hydrogen-bond acceptors (Lipinski definition) is 7. The summed E-state index contributed by atoms with van der Waals surface area (Å²) in [6, 6.07) is 7.65. The van der Waals surface area contributed by atoms with Crippen LogP contribution in [0.1, 0.15) is 5.56 Å². The van der Waals surface area contributed by atoms with E-state index in [9.17, 15) is 4.79 Å². The summed E-state index contributed by atoms with van der Waals surface area (Å²) in [5.74, 6) is 4.59. The molecule has 8 heteroatoms. The van der Waals surface area contributed by atoms with E-state index in [1.165, 1.54) is 0 Å². The van der Waals surface area contributed by atoms with Gasteiger partial charge in [-0.05, 0) is 29.8 Å². The lowest BCUT2D eigenvalue weighted by molar-refractivity contribution is -0.141. The van der Waals surface area contributed by atoms with Gasteiger partial charge in [-0.2, -0.15) is 5.90 Å². The predicted molar refractivity (Wildman–Crippen MR) is 102 cm³/mol. The number of hydrogen-bond donors (Lipinski definition) is 2. The van der Waals surface area contributed by atoms with Gasteiger partial charge in [0.2, 0.25) is 0 Å². The van der Waals surface area contributed by atoms with Crippen molar-refractivity contribution in [2.75, 3.05) is 32.8 Å². The second-order valence-electron chi connectivity index (χ2n) is 6.52. The number of ether oxygens (including phenoxy) is 1. The van der Waals surface area contributed by atoms with Crippen molar-refractivity contribution in [3.05, 3.63) is 64.5 Å². The van der Waals surface area contributed by atoms with Crippen molar-refractivity contribution < 1.29 is 14.4 Å². The van der Waals surface area contributed by atoms with Gasteiger partial charge in [0.25, 0.3) is 0 Å². The summed E-state index contributed by atoms with van der Waals surface area (Å²) in [6.07, 6.45) is 5.37. The minimum atomic E-state index is -0.567. The third kappa shape index (κ3) is 3.59. The van der Waals surface area contributed by atoms with Crippen molar-refractivity contribution in [2.24, 2.45) is 5.90 Å². The van der Waals surface area contributed by atoms with Gasteiger partial charge in [-0.25, -0.2) is 4.79 Å². The van der Waals surface area contributed by atoms with Crippen LogP contribution in [-0.2, 0) is 14.4 Å². The molecule has 0 amide bonds. The van der Waals surface area contributed by atoms with Crippen LogP contribution >= 0.6 is 11.6 Å². The summed E-state index contributed by atoms with van der Waals surface area (Å²) in [5.41, 5.74) is 3.37. The van der Waals surface area contributed by atoms with Crippen molar-refractivity contribution in [1.29, 1.82) is 0 Å². The average molecular weight is 389 g/mol. The highest BCUT2D eigenvalue weighted by atomic mass is 35.5. The van der Waals surface area contributed by atoms with Crippen LogP contribution in [0.5, 0.6) is 0 Å². The lowest BCUT2D eigenvalue weighted by Gasteiger charge is -2.33. The van der Waals surface area contributed by atoms with Crippen LogP contribution < -0.4 is 11.2 Å². The SMILES string of the molecule is NOC(=O)C1=CC=CC2NC(c3ccc(Cl)cc3)=C(CN3CCOCC3)N12. The lowest BCUT2D eigenvalue weighted by Crippen LogP contribution is -2.43. The van der Waals surface area contributed by atoms with Gasteiger partial charge in [-0.3, -0.25) is 4.90 Å². The van der Waals surface area contributed by atoms with Gasteiger partial charge in [-0.1, -0.05) is 29.8 Å². The van der Waals surface area contributed by atoms with E-state index in [4.69, 9.17) is 22.2 Å². The first kappa shape index (κ1) is 18.1. The molecule has 0 radical (unpaired) electrons. The smallest absolute Gasteiger partial charge is 0.373 e. The molecule has 142 valence electrons. The number of morpholine rings is 1. The molecule has 0 aromatic heterocycles. The van der Waals surface area contributed by atoms with Crippen LogP contribution in [0.3, 0.4) is 0 Å². The predicted octanol–water partition coefficient (Wildman–Crippen LogP) is 1.44. The fourth-order valence-electron chi connectivity index (χ4n) is 3.57. The molecule has 1 unspecified atom stereocenters. The largest absolute Gasteiger partial charge is 0.379 e. The number of benzene rings is 1.